The molecule has 1 unspecified atom stereocenters. The molecule has 88 valence electrons. The Morgan fingerprint density at radius 1 is 0.800 bits per heavy atom. The van der Waals surface area contributed by atoms with Crippen LogP contribution >= 0.6 is 0 Å². The largest absolute Gasteiger partial charge is 0.393 e. The second-order valence-electron chi connectivity index (χ2n) is 5.76. The van der Waals surface area contributed by atoms with Crippen LogP contribution < -0.4 is 0 Å². The van der Waals surface area contributed by atoms with Crippen LogP contribution in [0.5, 0.6) is 0 Å². The molecule has 0 aromatic rings. The molecule has 2 aliphatic rings. The maximum atomic E-state index is 9.86. The molecular formula is C14H26O. The molecule has 2 saturated carbocycles. The van der Waals surface area contributed by atoms with Crippen molar-refractivity contribution in [1.29, 1.82) is 0 Å². The predicted molar refractivity (Wildman–Crippen MR) is 63.8 cm³/mol. The zero-order valence-electron chi connectivity index (χ0n) is 9.96. The van der Waals surface area contributed by atoms with Crippen LogP contribution in [0.3, 0.4) is 0 Å². The Morgan fingerprint density at radius 2 is 1.33 bits per heavy atom. The minimum Gasteiger partial charge on any atom is -0.393 e. The summed E-state index contributed by atoms with van der Waals surface area (Å²) in [7, 11) is 0. The Labute approximate surface area is 94.3 Å². The van der Waals surface area contributed by atoms with E-state index >= 15 is 0 Å². The molecule has 0 aromatic heterocycles. The smallest absolute Gasteiger partial charge is 0.0540 e. The highest BCUT2D eigenvalue weighted by Crippen LogP contribution is 2.34. The summed E-state index contributed by atoms with van der Waals surface area (Å²) < 4.78 is 0. The van der Waals surface area contributed by atoms with Crippen molar-refractivity contribution in [2.75, 3.05) is 0 Å². The predicted octanol–water partition coefficient (Wildman–Crippen LogP) is 3.90. The van der Waals surface area contributed by atoms with Gasteiger partial charge in [-0.1, -0.05) is 44.9 Å². The van der Waals surface area contributed by atoms with Crippen LogP contribution in [0.4, 0.5) is 0 Å². The lowest BCUT2D eigenvalue weighted by Crippen LogP contribution is -2.12. The van der Waals surface area contributed by atoms with Gasteiger partial charge in [0.15, 0.2) is 0 Å². The van der Waals surface area contributed by atoms with E-state index in [9.17, 15) is 5.11 Å². The van der Waals surface area contributed by atoms with Crippen LogP contribution in [-0.2, 0) is 0 Å². The number of hydrogen-bond acceptors (Lipinski definition) is 1. The van der Waals surface area contributed by atoms with Crippen LogP contribution in [-0.4, -0.2) is 11.2 Å². The van der Waals surface area contributed by atoms with Crippen molar-refractivity contribution < 1.29 is 5.11 Å². The number of aliphatic hydroxyl groups is 1. The van der Waals surface area contributed by atoms with Crippen LogP contribution in [0.15, 0.2) is 0 Å². The zero-order chi connectivity index (χ0) is 10.5. The Balaban J connectivity index is 1.50. The van der Waals surface area contributed by atoms with E-state index in [0.29, 0.717) is 0 Å². The third-order valence-corrected chi connectivity index (χ3v) is 4.24. The van der Waals surface area contributed by atoms with Crippen LogP contribution in [0.25, 0.3) is 0 Å². The molecule has 2 fully saturated rings. The third kappa shape index (κ3) is 4.55. The van der Waals surface area contributed by atoms with Crippen molar-refractivity contribution in [3.8, 4) is 0 Å². The highest BCUT2D eigenvalue weighted by atomic mass is 16.3. The third-order valence-electron chi connectivity index (χ3n) is 4.24. The van der Waals surface area contributed by atoms with Gasteiger partial charge >= 0.3 is 0 Å². The maximum Gasteiger partial charge on any atom is 0.0540 e. The first kappa shape index (κ1) is 11.4. The van der Waals surface area contributed by atoms with E-state index in [4.69, 9.17) is 0 Å². The molecule has 0 heterocycles. The summed E-state index contributed by atoms with van der Waals surface area (Å²) in [5.41, 5.74) is 0. The lowest BCUT2D eigenvalue weighted by molar-refractivity contribution is 0.136. The molecular weight excluding hydrogens is 184 g/mol. The van der Waals surface area contributed by atoms with Gasteiger partial charge < -0.3 is 5.11 Å². The molecule has 1 N–H and O–H groups in total. The highest BCUT2D eigenvalue weighted by Gasteiger charge is 2.22. The summed E-state index contributed by atoms with van der Waals surface area (Å²) in [6.07, 6.45) is 14.7. The van der Waals surface area contributed by atoms with Gasteiger partial charge in [0.25, 0.3) is 0 Å². The van der Waals surface area contributed by atoms with Crippen LogP contribution in [0.2, 0.25) is 0 Å². The van der Waals surface area contributed by atoms with Crippen molar-refractivity contribution in [2.24, 2.45) is 11.8 Å². The Morgan fingerprint density at radius 3 is 1.87 bits per heavy atom. The molecule has 15 heavy (non-hydrogen) atoms. The van der Waals surface area contributed by atoms with Crippen molar-refractivity contribution in [3.05, 3.63) is 0 Å². The fourth-order valence-electron chi connectivity index (χ4n) is 2.88. The van der Waals surface area contributed by atoms with E-state index in [1.54, 1.807) is 0 Å². The second kappa shape index (κ2) is 5.89. The highest BCUT2D eigenvalue weighted by molar-refractivity contribution is 4.75. The summed E-state index contributed by atoms with van der Waals surface area (Å²) >= 11 is 0. The average molecular weight is 210 g/mol. The van der Waals surface area contributed by atoms with Gasteiger partial charge in [0.1, 0.15) is 0 Å². The minimum atomic E-state index is 0.00697. The van der Waals surface area contributed by atoms with Crippen molar-refractivity contribution in [1.82, 2.24) is 0 Å². The van der Waals surface area contributed by atoms with Gasteiger partial charge in [-0.3, -0.25) is 0 Å². The van der Waals surface area contributed by atoms with Crippen molar-refractivity contribution >= 4 is 0 Å². The monoisotopic (exact) mass is 210 g/mol. The Bertz CT molecular complexity index is 168. The molecule has 1 heteroatoms. The van der Waals surface area contributed by atoms with Gasteiger partial charge in [-0.15, -0.1) is 0 Å². The normalized spacial score (nSPS) is 25.4. The van der Waals surface area contributed by atoms with E-state index in [1.165, 1.54) is 57.8 Å². The summed E-state index contributed by atoms with van der Waals surface area (Å²) in [6, 6.07) is 0. The fourth-order valence-corrected chi connectivity index (χ4v) is 2.88. The summed E-state index contributed by atoms with van der Waals surface area (Å²) in [4.78, 5) is 0. The first-order valence-corrected chi connectivity index (χ1v) is 7.02. The summed E-state index contributed by atoms with van der Waals surface area (Å²) in [5, 5.41) is 9.86. The van der Waals surface area contributed by atoms with Crippen molar-refractivity contribution in [3.63, 3.8) is 0 Å². The van der Waals surface area contributed by atoms with Gasteiger partial charge in [-0.2, -0.15) is 0 Å². The molecule has 0 amide bonds. The topological polar surface area (TPSA) is 20.2 Å². The zero-order valence-corrected chi connectivity index (χ0v) is 9.96. The van der Waals surface area contributed by atoms with Gasteiger partial charge in [-0.05, 0) is 37.5 Å². The van der Waals surface area contributed by atoms with E-state index < -0.39 is 0 Å². The molecule has 2 rings (SSSR count). The molecule has 0 aromatic carbocycles. The number of rotatable bonds is 6. The molecule has 0 aliphatic heterocycles. The lowest BCUT2D eigenvalue weighted by Gasteiger charge is -2.22. The fraction of sp³-hybridized carbons (Fsp3) is 1.00. The first-order chi connectivity index (χ1) is 7.34. The van der Waals surface area contributed by atoms with E-state index in [0.717, 1.165) is 24.7 Å². The first-order valence-electron chi connectivity index (χ1n) is 7.02. The SMILES string of the molecule is OC(CCC1CCCCC1)CCC1CC1. The Hall–Kier alpha value is -0.0400. The minimum absolute atomic E-state index is 0.00697. The standard InChI is InChI=1S/C14H26O/c15-14(11-9-13-6-7-13)10-8-12-4-2-1-3-5-12/h12-15H,1-11H2. The van der Waals surface area contributed by atoms with E-state index in [-0.39, 0.29) is 6.10 Å². The summed E-state index contributed by atoms with van der Waals surface area (Å²) in [5.74, 6) is 1.92. The van der Waals surface area contributed by atoms with Gasteiger partial charge in [0.05, 0.1) is 6.10 Å². The number of aliphatic hydroxyl groups excluding tert-OH is 1. The quantitative estimate of drug-likeness (QED) is 0.705. The molecule has 1 atom stereocenters. The molecule has 1 nitrogen and oxygen atoms in total. The van der Waals surface area contributed by atoms with Gasteiger partial charge in [-0.25, -0.2) is 0 Å². The Kier molecular flexibility index (Phi) is 4.49. The average Bonchev–Trinajstić information content (AvgIpc) is 3.09. The molecule has 0 bridgehead atoms. The molecule has 0 radical (unpaired) electrons. The van der Waals surface area contributed by atoms with E-state index in [2.05, 4.69) is 0 Å². The molecule has 0 saturated heterocycles. The second-order valence-corrected chi connectivity index (χ2v) is 5.76. The lowest BCUT2D eigenvalue weighted by atomic mass is 9.85. The van der Waals surface area contributed by atoms with Gasteiger partial charge in [0.2, 0.25) is 0 Å². The maximum absolute atomic E-state index is 9.86. The molecule has 0 spiro atoms. The number of hydrogen-bond donors (Lipinski definition) is 1. The van der Waals surface area contributed by atoms with Crippen LogP contribution in [0.1, 0.15) is 70.6 Å². The van der Waals surface area contributed by atoms with Gasteiger partial charge in [0, 0.05) is 0 Å². The van der Waals surface area contributed by atoms with Crippen molar-refractivity contribution in [2.45, 2.75) is 76.7 Å². The summed E-state index contributed by atoms with van der Waals surface area (Å²) in [6.45, 7) is 0. The van der Waals surface area contributed by atoms with Crippen LogP contribution in [0, 0.1) is 11.8 Å². The van der Waals surface area contributed by atoms with E-state index in [1.807, 2.05) is 0 Å². The molecule has 2 aliphatic carbocycles.